The van der Waals surface area contributed by atoms with E-state index in [1.54, 1.807) is 6.26 Å². The van der Waals surface area contributed by atoms with Crippen LogP contribution in [0.4, 0.5) is 20.2 Å². The van der Waals surface area contributed by atoms with Gasteiger partial charge in [-0.15, -0.1) is 11.8 Å². The zero-order valence-electron chi connectivity index (χ0n) is 17.5. The number of rotatable bonds is 8. The van der Waals surface area contributed by atoms with Gasteiger partial charge in [0.25, 0.3) is 11.6 Å². The number of nitrogens with zero attached hydrogens (tertiary/aromatic N) is 1. The molecule has 0 spiro atoms. The number of carbonyl (C=O) groups excluding carboxylic acids is 3. The first kappa shape index (κ1) is 24.5. The third-order valence-corrected chi connectivity index (χ3v) is 5.35. The largest absolute Gasteiger partial charge is 0.452 e. The van der Waals surface area contributed by atoms with Crippen LogP contribution in [-0.2, 0) is 9.53 Å². The molecule has 0 aliphatic heterocycles. The molecule has 174 valence electrons. The van der Waals surface area contributed by atoms with Crippen molar-refractivity contribution in [2.24, 2.45) is 0 Å². The minimum Gasteiger partial charge on any atom is -0.452 e. The van der Waals surface area contributed by atoms with E-state index in [4.69, 9.17) is 4.74 Å². The summed E-state index contributed by atoms with van der Waals surface area (Å²) in [7, 11) is 0. The minimum absolute atomic E-state index is 0.0101. The molecule has 0 fully saturated rings. The zero-order chi connectivity index (χ0) is 24.8. The summed E-state index contributed by atoms with van der Waals surface area (Å²) in [4.78, 5) is 48.6. The van der Waals surface area contributed by atoms with E-state index in [1.807, 2.05) is 0 Å². The smallest absolute Gasteiger partial charge is 0.339 e. The van der Waals surface area contributed by atoms with Crippen molar-refractivity contribution < 1.29 is 32.8 Å². The SMILES string of the molecule is CSc1ccc(C(=O)c2ccccc2C(=O)OCC(=O)Nc2cc(F)ccc2F)cc1[N+](=O)[O-]. The summed E-state index contributed by atoms with van der Waals surface area (Å²) in [6, 6.07) is 12.0. The maximum absolute atomic E-state index is 13.7. The van der Waals surface area contributed by atoms with Gasteiger partial charge in [-0.2, -0.15) is 0 Å². The molecule has 3 rings (SSSR count). The fraction of sp³-hybridized carbons (Fsp3) is 0.0870. The van der Waals surface area contributed by atoms with Gasteiger partial charge in [0.2, 0.25) is 0 Å². The number of ether oxygens (including phenoxy) is 1. The molecule has 0 aliphatic rings. The Morgan fingerprint density at radius 2 is 1.74 bits per heavy atom. The predicted octanol–water partition coefficient (Wildman–Crippen LogP) is 4.62. The number of thioether (sulfide) groups is 1. The van der Waals surface area contributed by atoms with Gasteiger partial charge in [0.15, 0.2) is 12.4 Å². The Hall–Kier alpha value is -4.12. The van der Waals surface area contributed by atoms with Crippen LogP contribution in [0.15, 0.2) is 65.6 Å². The molecule has 3 aromatic carbocycles. The van der Waals surface area contributed by atoms with Crippen LogP contribution in [0.1, 0.15) is 26.3 Å². The van der Waals surface area contributed by atoms with E-state index in [9.17, 15) is 33.3 Å². The summed E-state index contributed by atoms with van der Waals surface area (Å²) in [6.45, 7) is -0.828. The lowest BCUT2D eigenvalue weighted by molar-refractivity contribution is -0.387. The third kappa shape index (κ3) is 5.62. The van der Waals surface area contributed by atoms with E-state index in [1.165, 1.54) is 36.4 Å². The Morgan fingerprint density at radius 1 is 1.03 bits per heavy atom. The first-order valence-corrected chi connectivity index (χ1v) is 10.8. The second kappa shape index (κ2) is 10.7. The van der Waals surface area contributed by atoms with Gasteiger partial charge in [-0.1, -0.05) is 18.2 Å². The van der Waals surface area contributed by atoms with E-state index in [-0.39, 0.29) is 22.4 Å². The van der Waals surface area contributed by atoms with Gasteiger partial charge < -0.3 is 10.1 Å². The number of nitrogens with one attached hydrogen (secondary N) is 1. The molecule has 0 heterocycles. The van der Waals surface area contributed by atoms with Crippen LogP contribution in [0.25, 0.3) is 0 Å². The molecule has 0 unspecified atom stereocenters. The van der Waals surface area contributed by atoms with Crippen molar-refractivity contribution >= 4 is 40.8 Å². The van der Waals surface area contributed by atoms with E-state index in [2.05, 4.69) is 5.32 Å². The Labute approximate surface area is 196 Å². The van der Waals surface area contributed by atoms with Gasteiger partial charge in [-0.05, 0) is 36.6 Å². The molecule has 8 nitrogen and oxygen atoms in total. The molecular weight excluding hydrogens is 470 g/mol. The summed E-state index contributed by atoms with van der Waals surface area (Å²) in [5.74, 6) is -4.25. The summed E-state index contributed by atoms with van der Waals surface area (Å²) in [5, 5.41) is 13.4. The molecule has 0 bridgehead atoms. The average Bonchev–Trinajstić information content (AvgIpc) is 2.83. The second-order valence-electron chi connectivity index (χ2n) is 6.77. The standard InChI is InChI=1S/C23H16F2N2O6S/c1-34-20-9-6-13(10-19(20)27(31)32)22(29)15-4-2-3-5-16(15)23(30)33-12-21(28)26-18-11-14(24)7-8-17(18)25/h2-11H,12H2,1H3,(H,26,28). The lowest BCUT2D eigenvalue weighted by Crippen LogP contribution is -2.22. The van der Waals surface area contributed by atoms with Crippen molar-refractivity contribution in [2.45, 2.75) is 4.90 Å². The highest BCUT2D eigenvalue weighted by atomic mass is 32.2. The number of anilines is 1. The Balaban J connectivity index is 1.77. The number of nitro groups is 1. The Kier molecular flexibility index (Phi) is 7.69. The molecule has 1 amide bonds. The average molecular weight is 486 g/mol. The molecule has 0 atom stereocenters. The van der Waals surface area contributed by atoms with Gasteiger partial charge in [0.05, 0.1) is 21.1 Å². The lowest BCUT2D eigenvalue weighted by atomic mass is 9.98. The molecular formula is C23H16F2N2O6S. The Morgan fingerprint density at radius 3 is 2.41 bits per heavy atom. The molecule has 0 saturated carbocycles. The summed E-state index contributed by atoms with van der Waals surface area (Å²) in [5.41, 5.74) is -0.945. The highest BCUT2D eigenvalue weighted by molar-refractivity contribution is 7.98. The van der Waals surface area contributed by atoms with Crippen LogP contribution in [0.2, 0.25) is 0 Å². The summed E-state index contributed by atoms with van der Waals surface area (Å²) < 4.78 is 31.8. The molecule has 1 N–H and O–H groups in total. The molecule has 0 radical (unpaired) electrons. The molecule has 0 aromatic heterocycles. The van der Waals surface area contributed by atoms with Gasteiger partial charge in [0.1, 0.15) is 11.6 Å². The fourth-order valence-electron chi connectivity index (χ4n) is 2.98. The Bertz CT molecular complexity index is 1300. The zero-order valence-corrected chi connectivity index (χ0v) is 18.4. The van der Waals surface area contributed by atoms with Crippen molar-refractivity contribution in [2.75, 3.05) is 18.2 Å². The first-order valence-electron chi connectivity index (χ1n) is 9.59. The van der Waals surface area contributed by atoms with Crippen molar-refractivity contribution in [3.05, 3.63) is 99.1 Å². The monoisotopic (exact) mass is 486 g/mol. The van der Waals surface area contributed by atoms with Crippen LogP contribution in [0.3, 0.4) is 0 Å². The maximum atomic E-state index is 13.7. The topological polar surface area (TPSA) is 116 Å². The van der Waals surface area contributed by atoms with Crippen molar-refractivity contribution in [1.29, 1.82) is 0 Å². The van der Waals surface area contributed by atoms with E-state index >= 15 is 0 Å². The molecule has 11 heteroatoms. The number of amides is 1. The van der Waals surface area contributed by atoms with Gasteiger partial charge in [-0.25, -0.2) is 13.6 Å². The van der Waals surface area contributed by atoms with Crippen molar-refractivity contribution in [3.8, 4) is 0 Å². The molecule has 3 aromatic rings. The van der Waals surface area contributed by atoms with Crippen molar-refractivity contribution in [3.63, 3.8) is 0 Å². The number of ketones is 1. The summed E-state index contributed by atoms with van der Waals surface area (Å²) >= 11 is 1.15. The number of nitro benzene ring substituents is 1. The highest BCUT2D eigenvalue weighted by Crippen LogP contribution is 2.29. The number of esters is 1. The van der Waals surface area contributed by atoms with Crippen LogP contribution in [0.5, 0.6) is 0 Å². The lowest BCUT2D eigenvalue weighted by Gasteiger charge is -2.10. The van der Waals surface area contributed by atoms with Crippen LogP contribution in [0, 0.1) is 21.7 Å². The number of hydrogen-bond acceptors (Lipinski definition) is 7. The summed E-state index contributed by atoms with van der Waals surface area (Å²) in [6.07, 6.45) is 1.66. The molecule has 34 heavy (non-hydrogen) atoms. The minimum atomic E-state index is -1.02. The third-order valence-electron chi connectivity index (χ3n) is 4.57. The van der Waals surface area contributed by atoms with Crippen molar-refractivity contribution in [1.82, 2.24) is 0 Å². The second-order valence-corrected chi connectivity index (χ2v) is 7.61. The van der Waals surface area contributed by atoms with E-state index < -0.39 is 46.5 Å². The highest BCUT2D eigenvalue weighted by Gasteiger charge is 2.23. The van der Waals surface area contributed by atoms with E-state index in [0.717, 1.165) is 36.0 Å². The quantitative estimate of drug-likeness (QED) is 0.162. The maximum Gasteiger partial charge on any atom is 0.339 e. The first-order chi connectivity index (χ1) is 16.2. The van der Waals surface area contributed by atoms with Gasteiger partial charge >= 0.3 is 5.97 Å². The number of hydrogen-bond donors (Lipinski definition) is 1. The van der Waals surface area contributed by atoms with Gasteiger partial charge in [-0.3, -0.25) is 19.7 Å². The molecule has 0 aliphatic carbocycles. The van der Waals surface area contributed by atoms with Crippen LogP contribution < -0.4 is 5.32 Å². The van der Waals surface area contributed by atoms with Crippen LogP contribution in [-0.4, -0.2) is 35.4 Å². The van der Waals surface area contributed by atoms with Gasteiger partial charge in [0, 0.05) is 23.3 Å². The number of halogens is 2. The van der Waals surface area contributed by atoms with Crippen LogP contribution >= 0.6 is 11.8 Å². The van der Waals surface area contributed by atoms with E-state index in [0.29, 0.717) is 4.90 Å². The predicted molar refractivity (Wildman–Crippen MR) is 120 cm³/mol. The number of carbonyl (C=O) groups is 3. The fourth-order valence-corrected chi connectivity index (χ4v) is 3.52. The normalized spacial score (nSPS) is 10.4. The molecule has 0 saturated heterocycles. The number of benzene rings is 3.